The molecule has 3 heterocycles. The number of piperidine rings is 1. The van der Waals surface area contributed by atoms with Gasteiger partial charge in [-0.05, 0) is 30.9 Å². The molecule has 8 heteroatoms. The minimum absolute atomic E-state index is 0.0847. The molecule has 2 amide bonds. The summed E-state index contributed by atoms with van der Waals surface area (Å²) in [6, 6.07) is 1.92. The van der Waals surface area contributed by atoms with Gasteiger partial charge in [-0.25, -0.2) is 0 Å². The molecule has 3 rings (SSSR count). The Morgan fingerprint density at radius 1 is 1.33 bits per heavy atom. The van der Waals surface area contributed by atoms with E-state index in [4.69, 9.17) is 14.9 Å². The molecule has 1 spiro atoms. The third-order valence-electron chi connectivity index (χ3n) is 4.65. The normalized spacial score (nSPS) is 19.2. The van der Waals surface area contributed by atoms with Gasteiger partial charge in [0.2, 0.25) is 5.91 Å². The molecule has 2 aliphatic heterocycles. The summed E-state index contributed by atoms with van der Waals surface area (Å²) in [6.45, 7) is 1.38. The molecule has 0 saturated carbocycles. The molecule has 0 radical (unpaired) electrons. The number of carbonyl (C=O) groups excluding carboxylic acids is 2. The smallest absolute Gasteiger partial charge is 0.261 e. The highest BCUT2D eigenvalue weighted by molar-refractivity contribution is 7.14. The number of amides is 2. The Hall–Kier alpha value is -1.48. The number of fused-ring (bicyclic) bond motifs is 2. The van der Waals surface area contributed by atoms with Crippen LogP contribution in [-0.2, 0) is 21.6 Å². The lowest BCUT2D eigenvalue weighted by Crippen LogP contribution is -2.48. The predicted octanol–water partition coefficient (Wildman–Crippen LogP) is -0.147. The van der Waals surface area contributed by atoms with Gasteiger partial charge in [-0.1, -0.05) is 0 Å². The lowest BCUT2D eigenvalue weighted by Gasteiger charge is -2.43. The van der Waals surface area contributed by atoms with E-state index in [0.29, 0.717) is 37.4 Å². The number of rotatable bonds is 4. The molecule has 1 saturated heterocycles. The van der Waals surface area contributed by atoms with E-state index in [1.807, 2.05) is 6.07 Å². The highest BCUT2D eigenvalue weighted by atomic mass is 32.1. The summed E-state index contributed by atoms with van der Waals surface area (Å²) in [5, 5.41) is 20.5. The molecule has 1 aromatic heterocycles. The van der Waals surface area contributed by atoms with Crippen molar-refractivity contribution in [1.82, 2.24) is 10.2 Å². The van der Waals surface area contributed by atoms with Crippen molar-refractivity contribution in [2.45, 2.75) is 24.9 Å². The van der Waals surface area contributed by atoms with E-state index in [0.717, 1.165) is 16.9 Å². The molecule has 24 heavy (non-hydrogen) atoms. The maximum absolute atomic E-state index is 12.1. The fraction of sp³-hybridized carbons (Fsp3) is 0.625. The number of aliphatic hydroxyl groups excluding tert-OH is 2. The van der Waals surface area contributed by atoms with Crippen LogP contribution in [0.15, 0.2) is 6.07 Å². The second-order valence-corrected chi connectivity index (χ2v) is 7.13. The number of nitrogens with zero attached hydrogens (tertiary/aromatic N) is 1. The third kappa shape index (κ3) is 3.19. The van der Waals surface area contributed by atoms with Crippen LogP contribution in [0.1, 0.15) is 33.0 Å². The molecule has 1 aromatic rings. The lowest BCUT2D eigenvalue weighted by molar-refractivity contribution is -0.143. The van der Waals surface area contributed by atoms with E-state index < -0.39 is 12.2 Å². The van der Waals surface area contributed by atoms with E-state index in [-0.39, 0.29) is 25.0 Å². The van der Waals surface area contributed by atoms with Crippen molar-refractivity contribution in [3.63, 3.8) is 0 Å². The Balaban J connectivity index is 1.78. The number of likely N-dealkylation sites (tertiary alicyclic amines) is 1. The standard InChI is InChI=1S/C16H22N2O5S/c19-7-4-17-15(22)12-9-11-1-8-23-16(14(11)24-12)2-5-18(6-3-16)13(21)10-20/h9,19-20H,1-8,10H2,(H,17,22). The quantitative estimate of drug-likeness (QED) is 0.699. The number of hydrogen-bond acceptors (Lipinski definition) is 6. The molecule has 132 valence electrons. The van der Waals surface area contributed by atoms with Gasteiger partial charge < -0.3 is 25.2 Å². The molecule has 0 aromatic carbocycles. The van der Waals surface area contributed by atoms with Crippen LogP contribution in [-0.4, -0.2) is 66.4 Å². The van der Waals surface area contributed by atoms with Crippen LogP contribution in [0.3, 0.4) is 0 Å². The maximum atomic E-state index is 12.1. The monoisotopic (exact) mass is 354 g/mol. The van der Waals surface area contributed by atoms with Crippen LogP contribution in [0, 0.1) is 0 Å². The van der Waals surface area contributed by atoms with Gasteiger partial charge >= 0.3 is 0 Å². The van der Waals surface area contributed by atoms with E-state index in [9.17, 15) is 9.59 Å². The van der Waals surface area contributed by atoms with Crippen molar-refractivity contribution in [1.29, 1.82) is 0 Å². The van der Waals surface area contributed by atoms with Gasteiger partial charge in [0.15, 0.2) is 0 Å². The first kappa shape index (κ1) is 17.3. The summed E-state index contributed by atoms with van der Waals surface area (Å²) in [4.78, 5) is 27.2. The predicted molar refractivity (Wildman–Crippen MR) is 88.0 cm³/mol. The van der Waals surface area contributed by atoms with Crippen molar-refractivity contribution < 1.29 is 24.5 Å². The first-order valence-electron chi connectivity index (χ1n) is 8.14. The maximum Gasteiger partial charge on any atom is 0.261 e. The third-order valence-corrected chi connectivity index (χ3v) is 6.01. The number of carbonyl (C=O) groups is 2. The summed E-state index contributed by atoms with van der Waals surface area (Å²) in [5.41, 5.74) is 0.710. The van der Waals surface area contributed by atoms with Gasteiger partial charge in [-0.3, -0.25) is 9.59 Å². The zero-order valence-electron chi connectivity index (χ0n) is 13.4. The molecule has 7 nitrogen and oxygen atoms in total. The Morgan fingerprint density at radius 3 is 2.75 bits per heavy atom. The van der Waals surface area contributed by atoms with E-state index in [1.54, 1.807) is 4.90 Å². The van der Waals surface area contributed by atoms with Crippen molar-refractivity contribution in [2.75, 3.05) is 39.5 Å². The van der Waals surface area contributed by atoms with Crippen LogP contribution < -0.4 is 5.32 Å². The molecule has 0 unspecified atom stereocenters. The average molecular weight is 354 g/mol. The molecular formula is C16H22N2O5S. The zero-order chi connectivity index (χ0) is 17.2. The van der Waals surface area contributed by atoms with Crippen LogP contribution in [0.25, 0.3) is 0 Å². The molecule has 0 bridgehead atoms. The minimum atomic E-state index is -0.465. The zero-order valence-corrected chi connectivity index (χ0v) is 14.2. The van der Waals surface area contributed by atoms with Crippen LogP contribution in [0.4, 0.5) is 0 Å². The van der Waals surface area contributed by atoms with Gasteiger partial charge in [-0.2, -0.15) is 0 Å². The van der Waals surface area contributed by atoms with E-state index in [2.05, 4.69) is 5.32 Å². The Bertz CT molecular complexity index is 622. The highest BCUT2D eigenvalue weighted by Gasteiger charge is 2.43. The first-order valence-corrected chi connectivity index (χ1v) is 8.96. The highest BCUT2D eigenvalue weighted by Crippen LogP contribution is 2.45. The van der Waals surface area contributed by atoms with E-state index in [1.165, 1.54) is 11.3 Å². The van der Waals surface area contributed by atoms with Crippen LogP contribution >= 0.6 is 11.3 Å². The summed E-state index contributed by atoms with van der Waals surface area (Å²) in [6.07, 6.45) is 2.12. The van der Waals surface area contributed by atoms with Crippen molar-refractivity contribution >= 4 is 23.2 Å². The Labute approximate surface area is 144 Å². The lowest BCUT2D eigenvalue weighted by atomic mass is 9.85. The summed E-state index contributed by atoms with van der Waals surface area (Å²) < 4.78 is 6.11. The van der Waals surface area contributed by atoms with Gasteiger partial charge in [0, 0.05) is 24.5 Å². The topological polar surface area (TPSA) is 99.1 Å². The SMILES string of the molecule is O=C(NCCO)c1cc2c(s1)C1(CCN(C(=O)CO)CC1)OCC2. The van der Waals surface area contributed by atoms with Crippen LogP contribution in [0.2, 0.25) is 0 Å². The molecule has 3 N–H and O–H groups in total. The molecule has 1 fully saturated rings. The van der Waals surface area contributed by atoms with Crippen molar-refractivity contribution in [3.8, 4) is 0 Å². The van der Waals surface area contributed by atoms with Crippen molar-refractivity contribution in [3.05, 3.63) is 21.4 Å². The van der Waals surface area contributed by atoms with Gasteiger partial charge in [0.1, 0.15) is 12.2 Å². The van der Waals surface area contributed by atoms with Gasteiger partial charge in [0.25, 0.3) is 5.91 Å². The number of ether oxygens (including phenoxy) is 1. The fourth-order valence-corrected chi connectivity index (χ4v) is 4.71. The number of nitrogens with one attached hydrogen (secondary N) is 1. The Kier molecular flexibility index (Phi) is 5.19. The van der Waals surface area contributed by atoms with Gasteiger partial charge in [0.05, 0.1) is 18.1 Å². The van der Waals surface area contributed by atoms with Crippen molar-refractivity contribution in [2.24, 2.45) is 0 Å². The minimum Gasteiger partial charge on any atom is -0.395 e. The van der Waals surface area contributed by atoms with Crippen LogP contribution in [0.5, 0.6) is 0 Å². The summed E-state index contributed by atoms with van der Waals surface area (Å²) in [7, 11) is 0. The fourth-order valence-electron chi connectivity index (χ4n) is 3.38. The molecule has 0 aliphatic carbocycles. The number of hydrogen-bond donors (Lipinski definition) is 3. The molecule has 2 aliphatic rings. The number of thiophene rings is 1. The van der Waals surface area contributed by atoms with E-state index >= 15 is 0 Å². The molecular weight excluding hydrogens is 332 g/mol. The summed E-state index contributed by atoms with van der Waals surface area (Å²) in [5.74, 6) is -0.428. The number of aliphatic hydroxyl groups is 2. The van der Waals surface area contributed by atoms with Gasteiger partial charge in [-0.15, -0.1) is 11.3 Å². The average Bonchev–Trinajstić information content (AvgIpc) is 3.06. The first-order chi connectivity index (χ1) is 11.6. The second kappa shape index (κ2) is 7.18. The Morgan fingerprint density at radius 2 is 2.08 bits per heavy atom. The second-order valence-electron chi connectivity index (χ2n) is 6.08. The largest absolute Gasteiger partial charge is 0.395 e. The summed E-state index contributed by atoms with van der Waals surface area (Å²) >= 11 is 1.44. The molecule has 0 atom stereocenters.